The molecule has 0 aliphatic heterocycles. The third-order valence-electron chi connectivity index (χ3n) is 3.36. The van der Waals surface area contributed by atoms with E-state index >= 15 is 0 Å². The monoisotopic (exact) mass is 386 g/mol. The lowest BCUT2D eigenvalue weighted by molar-refractivity contribution is -0.0124. The van der Waals surface area contributed by atoms with Gasteiger partial charge in [-0.2, -0.15) is 0 Å². The van der Waals surface area contributed by atoms with Crippen LogP contribution in [-0.2, 0) is 23.7 Å². The van der Waals surface area contributed by atoms with Gasteiger partial charge in [0.25, 0.3) is 0 Å². The number of benzene rings is 1. The first-order chi connectivity index (χ1) is 13.3. The maximum Gasteiger partial charge on any atom is 0.119 e. The Morgan fingerprint density at radius 3 is 1.48 bits per heavy atom. The smallest absolute Gasteiger partial charge is 0.119 e. The molecule has 1 aromatic rings. The molecule has 0 fully saturated rings. The summed E-state index contributed by atoms with van der Waals surface area (Å²) >= 11 is 0. The number of likely N-dealkylation sites (N-methyl/N-ethyl adjacent to an activating group) is 1. The fraction of sp³-hybridized carbons (Fsp3) is 0.684. The van der Waals surface area contributed by atoms with E-state index in [1.165, 1.54) is 0 Å². The summed E-state index contributed by atoms with van der Waals surface area (Å²) in [6.45, 7) is 7.02. The number of hydrogen-bond acceptors (Lipinski definition) is 8. The zero-order valence-electron chi connectivity index (χ0n) is 16.3. The summed E-state index contributed by atoms with van der Waals surface area (Å²) in [4.78, 5) is 0. The normalized spacial score (nSPS) is 11.0. The number of nitrogens with two attached hydrogens (primary N) is 1. The highest BCUT2D eigenvalue weighted by atomic mass is 16.6. The highest BCUT2D eigenvalue weighted by Gasteiger charge is 1.95. The Balaban J connectivity index is 1.71. The van der Waals surface area contributed by atoms with Gasteiger partial charge in [-0.05, 0) is 31.3 Å². The summed E-state index contributed by atoms with van der Waals surface area (Å²) in [7, 11) is 1.90. The van der Waals surface area contributed by atoms with Crippen molar-refractivity contribution in [2.24, 2.45) is 0 Å². The largest absolute Gasteiger partial charge is 0.491 e. The predicted octanol–water partition coefficient (Wildman–Crippen LogP) is 0.950. The van der Waals surface area contributed by atoms with Crippen molar-refractivity contribution in [2.45, 2.75) is 0 Å². The first kappa shape index (κ1) is 23.6. The molecule has 0 unspecified atom stereocenters. The van der Waals surface area contributed by atoms with Gasteiger partial charge in [0.15, 0.2) is 0 Å². The van der Waals surface area contributed by atoms with Crippen molar-refractivity contribution < 1.29 is 28.4 Å². The Hall–Kier alpha value is -1.42. The van der Waals surface area contributed by atoms with Crippen molar-refractivity contribution in [3.05, 3.63) is 24.3 Å². The quantitative estimate of drug-likeness (QED) is 0.268. The number of nitrogen functional groups attached to an aromatic ring is 1. The molecule has 8 nitrogen and oxygen atoms in total. The summed E-state index contributed by atoms with van der Waals surface area (Å²) in [5.74, 6) is 0.784. The molecule has 0 amide bonds. The summed E-state index contributed by atoms with van der Waals surface area (Å²) in [5, 5.41) is 3.01. The van der Waals surface area contributed by atoms with E-state index in [2.05, 4.69) is 5.32 Å². The van der Waals surface area contributed by atoms with E-state index in [1.54, 1.807) is 12.1 Å². The highest BCUT2D eigenvalue weighted by molar-refractivity contribution is 5.41. The molecule has 1 aromatic carbocycles. The van der Waals surface area contributed by atoms with Crippen LogP contribution in [0.25, 0.3) is 0 Å². The first-order valence-corrected chi connectivity index (χ1v) is 9.34. The van der Waals surface area contributed by atoms with Crippen LogP contribution in [0.2, 0.25) is 0 Å². The van der Waals surface area contributed by atoms with E-state index in [0.717, 1.165) is 18.0 Å². The molecule has 0 bridgehead atoms. The molecule has 0 heterocycles. The van der Waals surface area contributed by atoms with Crippen molar-refractivity contribution in [1.29, 1.82) is 0 Å². The average Bonchev–Trinajstić information content (AvgIpc) is 2.68. The van der Waals surface area contributed by atoms with Crippen LogP contribution in [0.1, 0.15) is 0 Å². The predicted molar refractivity (Wildman–Crippen MR) is 104 cm³/mol. The lowest BCUT2D eigenvalue weighted by Crippen LogP contribution is -2.17. The Labute approximate surface area is 162 Å². The molecule has 0 aliphatic carbocycles. The Kier molecular flexibility index (Phi) is 15.7. The molecule has 0 saturated carbocycles. The number of hydrogen-bond donors (Lipinski definition) is 2. The van der Waals surface area contributed by atoms with Gasteiger partial charge in [-0.3, -0.25) is 0 Å². The molecular formula is C19H34N2O6. The number of ether oxygens (including phenoxy) is 6. The van der Waals surface area contributed by atoms with E-state index < -0.39 is 0 Å². The minimum absolute atomic E-state index is 0.494. The standard InChI is InChI=1S/C19H34N2O6/c1-21-6-7-22-8-9-23-10-11-24-12-13-25-14-15-26-16-17-27-19-4-2-18(20)3-5-19/h2-5,21H,6-17,20H2,1H3. The van der Waals surface area contributed by atoms with Gasteiger partial charge in [0, 0.05) is 12.2 Å². The zero-order chi connectivity index (χ0) is 19.4. The third kappa shape index (κ3) is 15.3. The molecule has 0 aromatic heterocycles. The van der Waals surface area contributed by atoms with Crippen LogP contribution in [-0.4, -0.2) is 86.3 Å². The number of anilines is 1. The molecule has 0 atom stereocenters. The fourth-order valence-corrected chi connectivity index (χ4v) is 1.94. The van der Waals surface area contributed by atoms with Gasteiger partial charge < -0.3 is 39.5 Å². The van der Waals surface area contributed by atoms with Gasteiger partial charge in [0.2, 0.25) is 0 Å². The van der Waals surface area contributed by atoms with Gasteiger partial charge in [-0.25, -0.2) is 0 Å². The zero-order valence-corrected chi connectivity index (χ0v) is 16.3. The molecule has 0 saturated heterocycles. The minimum Gasteiger partial charge on any atom is -0.491 e. The summed E-state index contributed by atoms with van der Waals surface area (Å²) < 4.78 is 32.5. The molecule has 156 valence electrons. The maximum atomic E-state index is 5.61. The van der Waals surface area contributed by atoms with Crippen LogP contribution < -0.4 is 15.8 Å². The van der Waals surface area contributed by atoms with E-state index in [4.69, 9.17) is 34.2 Å². The summed E-state index contributed by atoms with van der Waals surface area (Å²) in [5.41, 5.74) is 6.33. The van der Waals surface area contributed by atoms with Gasteiger partial charge in [0.1, 0.15) is 12.4 Å². The first-order valence-electron chi connectivity index (χ1n) is 9.34. The molecule has 0 aliphatic rings. The lowest BCUT2D eigenvalue weighted by atomic mass is 10.3. The van der Waals surface area contributed by atoms with Crippen molar-refractivity contribution in [3.63, 3.8) is 0 Å². The molecular weight excluding hydrogens is 352 g/mol. The average molecular weight is 386 g/mol. The van der Waals surface area contributed by atoms with Crippen molar-refractivity contribution >= 4 is 5.69 Å². The molecule has 3 N–H and O–H groups in total. The van der Waals surface area contributed by atoms with E-state index in [1.807, 2.05) is 19.2 Å². The third-order valence-corrected chi connectivity index (χ3v) is 3.36. The Bertz CT molecular complexity index is 433. The second-order valence-corrected chi connectivity index (χ2v) is 5.58. The van der Waals surface area contributed by atoms with Crippen molar-refractivity contribution in [2.75, 3.05) is 92.0 Å². The van der Waals surface area contributed by atoms with Crippen LogP contribution in [0, 0.1) is 0 Å². The lowest BCUT2D eigenvalue weighted by Gasteiger charge is -2.09. The summed E-state index contributed by atoms with van der Waals surface area (Å²) in [6, 6.07) is 7.28. The molecule has 1 rings (SSSR count). The minimum atomic E-state index is 0.494. The van der Waals surface area contributed by atoms with Crippen LogP contribution in [0.3, 0.4) is 0 Å². The van der Waals surface area contributed by atoms with Crippen LogP contribution in [0.15, 0.2) is 24.3 Å². The van der Waals surface area contributed by atoms with Crippen LogP contribution in [0.5, 0.6) is 5.75 Å². The topological polar surface area (TPSA) is 93.4 Å². The van der Waals surface area contributed by atoms with E-state index in [0.29, 0.717) is 72.7 Å². The van der Waals surface area contributed by atoms with Crippen molar-refractivity contribution in [3.8, 4) is 5.75 Å². The van der Waals surface area contributed by atoms with Gasteiger partial charge >= 0.3 is 0 Å². The molecule has 27 heavy (non-hydrogen) atoms. The fourth-order valence-electron chi connectivity index (χ4n) is 1.94. The molecule has 8 heteroatoms. The second kappa shape index (κ2) is 18.0. The Morgan fingerprint density at radius 2 is 1.04 bits per heavy atom. The number of rotatable bonds is 19. The molecule has 0 radical (unpaired) electrons. The van der Waals surface area contributed by atoms with Gasteiger partial charge in [-0.1, -0.05) is 0 Å². The van der Waals surface area contributed by atoms with E-state index in [-0.39, 0.29) is 0 Å². The highest BCUT2D eigenvalue weighted by Crippen LogP contribution is 2.12. The second-order valence-electron chi connectivity index (χ2n) is 5.58. The SMILES string of the molecule is CNCCOCCOCCOCCOCCOCCOc1ccc(N)cc1. The van der Waals surface area contributed by atoms with Crippen molar-refractivity contribution in [1.82, 2.24) is 5.32 Å². The van der Waals surface area contributed by atoms with E-state index in [9.17, 15) is 0 Å². The summed E-state index contributed by atoms with van der Waals surface area (Å²) in [6.07, 6.45) is 0. The van der Waals surface area contributed by atoms with Crippen LogP contribution in [0.4, 0.5) is 5.69 Å². The number of nitrogens with one attached hydrogen (secondary N) is 1. The maximum absolute atomic E-state index is 5.61. The molecule has 0 spiro atoms. The van der Waals surface area contributed by atoms with Gasteiger partial charge in [-0.15, -0.1) is 0 Å². The van der Waals surface area contributed by atoms with Gasteiger partial charge in [0.05, 0.1) is 66.1 Å². The Morgan fingerprint density at radius 1 is 0.630 bits per heavy atom. The van der Waals surface area contributed by atoms with Crippen LogP contribution >= 0.6 is 0 Å².